The molecule has 0 heterocycles. The molecule has 2 saturated carbocycles. The fourth-order valence-corrected chi connectivity index (χ4v) is 4.29. The van der Waals surface area contributed by atoms with Crippen LogP contribution in [0.15, 0.2) is 24.3 Å². The van der Waals surface area contributed by atoms with Crippen molar-refractivity contribution in [2.45, 2.75) is 39.0 Å². The van der Waals surface area contributed by atoms with Crippen molar-refractivity contribution in [3.63, 3.8) is 0 Å². The van der Waals surface area contributed by atoms with Gasteiger partial charge in [-0.05, 0) is 56.1 Å². The quantitative estimate of drug-likeness (QED) is 0.747. The van der Waals surface area contributed by atoms with Gasteiger partial charge in [0.15, 0.2) is 6.61 Å². The topological polar surface area (TPSA) is 75.7 Å². The number of fused-ring (bicyclic) bond motifs is 2. The van der Waals surface area contributed by atoms with Crippen LogP contribution in [0.2, 0.25) is 0 Å². The number of esters is 1. The average Bonchev–Trinajstić information content (AvgIpc) is 3.24. The summed E-state index contributed by atoms with van der Waals surface area (Å²) in [5, 5.41) is 2.74. The number of amides is 2. The van der Waals surface area contributed by atoms with Gasteiger partial charge in [0.1, 0.15) is 0 Å². The van der Waals surface area contributed by atoms with E-state index in [1.165, 1.54) is 31.2 Å². The van der Waals surface area contributed by atoms with Gasteiger partial charge in [-0.3, -0.25) is 14.4 Å². The normalized spacial score (nSPS) is 23.1. The maximum Gasteiger partial charge on any atom is 0.306 e. The first-order valence-electron chi connectivity index (χ1n) is 9.67. The van der Waals surface area contributed by atoms with Gasteiger partial charge in [-0.25, -0.2) is 0 Å². The summed E-state index contributed by atoms with van der Waals surface area (Å²) < 4.78 is 5.15. The summed E-state index contributed by atoms with van der Waals surface area (Å²) in [7, 11) is 1.53. The molecule has 2 amide bonds. The lowest BCUT2D eigenvalue weighted by atomic mass is 9.86. The molecule has 3 atom stereocenters. The summed E-state index contributed by atoms with van der Waals surface area (Å²) in [4.78, 5) is 37.4. The molecule has 2 bridgehead atoms. The number of carbonyl (C=O) groups excluding carboxylic acids is 3. The third kappa shape index (κ3) is 5.31. The number of hydrogen-bond donors (Lipinski definition) is 1. The van der Waals surface area contributed by atoms with E-state index in [9.17, 15) is 14.4 Å². The van der Waals surface area contributed by atoms with E-state index < -0.39 is 0 Å². The molecule has 0 radical (unpaired) electrons. The molecule has 1 aromatic rings. The fourth-order valence-electron chi connectivity index (χ4n) is 4.29. The van der Waals surface area contributed by atoms with Crippen LogP contribution in [0.5, 0.6) is 0 Å². The van der Waals surface area contributed by atoms with Crippen LogP contribution in [0.3, 0.4) is 0 Å². The Morgan fingerprint density at radius 1 is 1.15 bits per heavy atom. The van der Waals surface area contributed by atoms with Crippen LogP contribution in [0.25, 0.3) is 0 Å². The molecule has 0 unspecified atom stereocenters. The summed E-state index contributed by atoms with van der Waals surface area (Å²) in [6.45, 7) is 1.57. The SMILES string of the molecule is Cc1ccc(NC(=O)CN(C)C(=O)COC(=O)C[C@H]2C[C@@H]3CC[C@@H]2C3)cc1. The van der Waals surface area contributed by atoms with Crippen molar-refractivity contribution in [2.24, 2.45) is 17.8 Å². The van der Waals surface area contributed by atoms with Crippen molar-refractivity contribution in [1.29, 1.82) is 0 Å². The van der Waals surface area contributed by atoms with E-state index >= 15 is 0 Å². The lowest BCUT2D eigenvalue weighted by Gasteiger charge is -2.21. The Balaban J connectivity index is 1.36. The Morgan fingerprint density at radius 2 is 1.89 bits per heavy atom. The van der Waals surface area contributed by atoms with Gasteiger partial charge in [-0.2, -0.15) is 0 Å². The van der Waals surface area contributed by atoms with Gasteiger partial charge in [0.05, 0.1) is 6.54 Å². The van der Waals surface area contributed by atoms with E-state index in [0.29, 0.717) is 23.9 Å². The number of nitrogens with one attached hydrogen (secondary N) is 1. The first-order chi connectivity index (χ1) is 12.9. The minimum atomic E-state index is -0.379. The van der Waals surface area contributed by atoms with Crippen molar-refractivity contribution in [3.05, 3.63) is 29.8 Å². The van der Waals surface area contributed by atoms with Crippen molar-refractivity contribution >= 4 is 23.5 Å². The van der Waals surface area contributed by atoms with Gasteiger partial charge in [-0.15, -0.1) is 0 Å². The minimum Gasteiger partial charge on any atom is -0.456 e. The Morgan fingerprint density at radius 3 is 2.52 bits per heavy atom. The van der Waals surface area contributed by atoms with Gasteiger partial charge >= 0.3 is 5.97 Å². The first kappa shape index (κ1) is 19.4. The molecule has 6 nitrogen and oxygen atoms in total. The van der Waals surface area contributed by atoms with Crippen molar-refractivity contribution in [3.8, 4) is 0 Å². The summed E-state index contributed by atoms with van der Waals surface area (Å²) in [5.41, 5.74) is 1.79. The van der Waals surface area contributed by atoms with E-state index in [-0.39, 0.29) is 30.9 Å². The van der Waals surface area contributed by atoms with Crippen LogP contribution in [0.1, 0.15) is 37.7 Å². The van der Waals surface area contributed by atoms with E-state index in [1.54, 1.807) is 0 Å². The molecule has 1 aromatic carbocycles. The van der Waals surface area contributed by atoms with Crippen LogP contribution in [-0.2, 0) is 19.1 Å². The minimum absolute atomic E-state index is 0.0867. The molecular formula is C21H28N2O4. The average molecular weight is 372 g/mol. The third-order valence-electron chi connectivity index (χ3n) is 5.81. The Kier molecular flexibility index (Phi) is 6.14. The van der Waals surface area contributed by atoms with Gasteiger partial charge in [-0.1, -0.05) is 24.1 Å². The lowest BCUT2D eigenvalue weighted by Crippen LogP contribution is -2.37. The number of nitrogens with zero attached hydrogens (tertiary/aromatic N) is 1. The second-order valence-electron chi connectivity index (χ2n) is 7.96. The van der Waals surface area contributed by atoms with Gasteiger partial charge < -0.3 is 15.0 Å². The summed E-state index contributed by atoms with van der Waals surface area (Å²) in [6.07, 6.45) is 5.29. The largest absolute Gasteiger partial charge is 0.456 e. The lowest BCUT2D eigenvalue weighted by molar-refractivity contribution is -0.152. The fraction of sp³-hybridized carbons (Fsp3) is 0.571. The Labute approximate surface area is 160 Å². The van der Waals surface area contributed by atoms with E-state index in [4.69, 9.17) is 4.74 Å². The molecule has 0 aromatic heterocycles. The number of hydrogen-bond acceptors (Lipinski definition) is 4. The smallest absolute Gasteiger partial charge is 0.306 e. The standard InChI is InChI=1S/C21H28N2O4/c1-14-3-7-18(8-4-14)22-19(24)12-23(2)20(25)13-27-21(26)11-17-10-15-5-6-16(17)9-15/h3-4,7-8,15-17H,5-6,9-13H2,1-2H3,(H,22,24)/t15-,16-,17-/m1/s1. The summed E-state index contributed by atoms with van der Waals surface area (Å²) in [6, 6.07) is 7.43. The van der Waals surface area contributed by atoms with Gasteiger partial charge in [0.25, 0.3) is 5.91 Å². The molecular weight excluding hydrogens is 344 g/mol. The van der Waals surface area contributed by atoms with Crippen LogP contribution < -0.4 is 5.32 Å². The second kappa shape index (κ2) is 8.55. The molecule has 0 spiro atoms. The Hall–Kier alpha value is -2.37. The predicted octanol–water partition coefficient (Wildman–Crippen LogP) is 2.76. The highest BCUT2D eigenvalue weighted by Gasteiger charge is 2.40. The zero-order chi connectivity index (χ0) is 19.4. The molecule has 6 heteroatoms. The first-order valence-corrected chi connectivity index (χ1v) is 9.67. The van der Waals surface area contributed by atoms with Crippen LogP contribution in [-0.4, -0.2) is 42.9 Å². The highest BCUT2D eigenvalue weighted by atomic mass is 16.5. The van der Waals surface area contributed by atoms with E-state index in [0.717, 1.165) is 17.9 Å². The van der Waals surface area contributed by atoms with Crippen LogP contribution >= 0.6 is 0 Å². The number of ether oxygens (including phenoxy) is 1. The molecule has 27 heavy (non-hydrogen) atoms. The Bertz CT molecular complexity index is 701. The van der Waals surface area contributed by atoms with Crippen molar-refractivity contribution in [2.75, 3.05) is 25.5 Å². The van der Waals surface area contributed by atoms with E-state index in [1.807, 2.05) is 31.2 Å². The highest BCUT2D eigenvalue weighted by molar-refractivity contribution is 5.94. The van der Waals surface area contributed by atoms with Gasteiger partial charge in [0, 0.05) is 19.2 Å². The number of benzene rings is 1. The van der Waals surface area contributed by atoms with Crippen molar-refractivity contribution < 1.29 is 19.1 Å². The zero-order valence-corrected chi connectivity index (χ0v) is 16.1. The molecule has 0 aliphatic heterocycles. The van der Waals surface area contributed by atoms with Gasteiger partial charge in [0.2, 0.25) is 5.91 Å². The maximum absolute atomic E-state index is 12.1. The number of rotatable bonds is 7. The highest BCUT2D eigenvalue weighted by Crippen LogP contribution is 2.49. The number of anilines is 1. The van der Waals surface area contributed by atoms with Crippen LogP contribution in [0.4, 0.5) is 5.69 Å². The zero-order valence-electron chi connectivity index (χ0n) is 16.1. The molecule has 146 valence electrons. The van der Waals surface area contributed by atoms with Crippen LogP contribution in [0, 0.1) is 24.7 Å². The maximum atomic E-state index is 12.1. The molecule has 1 N–H and O–H groups in total. The molecule has 0 saturated heterocycles. The molecule has 2 aliphatic rings. The monoisotopic (exact) mass is 372 g/mol. The van der Waals surface area contributed by atoms with Crippen molar-refractivity contribution in [1.82, 2.24) is 4.90 Å². The number of carbonyl (C=O) groups is 3. The van der Waals surface area contributed by atoms with E-state index in [2.05, 4.69) is 5.32 Å². The molecule has 2 aliphatic carbocycles. The number of likely N-dealkylation sites (N-methyl/N-ethyl adjacent to an activating group) is 1. The number of aryl methyl sites for hydroxylation is 1. The molecule has 3 rings (SSSR count). The summed E-state index contributed by atoms with van der Waals surface area (Å²) >= 11 is 0. The molecule has 2 fully saturated rings. The predicted molar refractivity (Wildman–Crippen MR) is 102 cm³/mol. The third-order valence-corrected chi connectivity index (χ3v) is 5.81. The summed E-state index contributed by atoms with van der Waals surface area (Å²) in [5.74, 6) is 0.889. The second-order valence-corrected chi connectivity index (χ2v) is 7.96.